The van der Waals surface area contributed by atoms with Crippen LogP contribution in [0.15, 0.2) is 72.0 Å². The fourth-order valence-electron chi connectivity index (χ4n) is 3.00. The molecule has 0 aliphatic carbocycles. The molecule has 1 heterocycles. The van der Waals surface area contributed by atoms with Crippen LogP contribution in [0.4, 0.5) is 5.69 Å². The maximum absolute atomic E-state index is 13.0. The third-order valence-corrected chi connectivity index (χ3v) is 4.49. The Balaban J connectivity index is 1.82. The van der Waals surface area contributed by atoms with Crippen LogP contribution in [-0.2, 0) is 6.54 Å². The number of nitrogens with zero attached hydrogens (tertiary/aromatic N) is 2. The largest absolute Gasteiger partial charge is 0.490 e. The molecule has 2 aromatic carbocycles. The molecule has 7 heteroatoms. The van der Waals surface area contributed by atoms with E-state index in [1.54, 1.807) is 30.6 Å². The Labute approximate surface area is 188 Å². The van der Waals surface area contributed by atoms with E-state index >= 15 is 0 Å². The number of hydrogen-bond donors (Lipinski definition) is 2. The highest BCUT2D eigenvalue weighted by Gasteiger charge is 2.14. The predicted molar refractivity (Wildman–Crippen MR) is 126 cm³/mol. The standard InChI is InChI=1S/C25H28N4O3/c1-4-31-22-10-9-20(16-23(22)32-5-2)24(30)29-25(27-17-19-11-13-26-14-12-19)28-21-8-6-7-18(3)15-21/h6-16H,4-5,17H2,1-3H3,(H2,27,28,29,30). The number of rotatable bonds is 8. The Kier molecular flexibility index (Phi) is 8.20. The van der Waals surface area contributed by atoms with Crippen LogP contribution in [-0.4, -0.2) is 30.1 Å². The van der Waals surface area contributed by atoms with Crippen molar-refractivity contribution in [2.45, 2.75) is 27.3 Å². The average Bonchev–Trinajstić information content (AvgIpc) is 2.79. The molecule has 0 fully saturated rings. The van der Waals surface area contributed by atoms with E-state index in [2.05, 4.69) is 20.6 Å². The molecule has 3 rings (SSSR count). The van der Waals surface area contributed by atoms with E-state index in [4.69, 9.17) is 9.47 Å². The van der Waals surface area contributed by atoms with Crippen LogP contribution in [0.5, 0.6) is 11.5 Å². The zero-order chi connectivity index (χ0) is 22.8. The number of aryl methyl sites for hydroxylation is 1. The van der Waals surface area contributed by atoms with Gasteiger partial charge in [-0.2, -0.15) is 0 Å². The van der Waals surface area contributed by atoms with Gasteiger partial charge in [-0.05, 0) is 74.4 Å². The number of benzene rings is 2. The summed E-state index contributed by atoms with van der Waals surface area (Å²) in [6.07, 6.45) is 3.43. The number of carbonyl (C=O) groups is 1. The first-order valence-corrected chi connectivity index (χ1v) is 10.6. The van der Waals surface area contributed by atoms with Crippen LogP contribution in [0.1, 0.15) is 35.3 Å². The van der Waals surface area contributed by atoms with Crippen molar-refractivity contribution in [3.63, 3.8) is 0 Å². The van der Waals surface area contributed by atoms with Gasteiger partial charge in [0.25, 0.3) is 5.91 Å². The van der Waals surface area contributed by atoms with Gasteiger partial charge < -0.3 is 14.8 Å². The molecule has 0 spiro atoms. The number of amides is 1. The van der Waals surface area contributed by atoms with Gasteiger partial charge in [-0.15, -0.1) is 0 Å². The van der Waals surface area contributed by atoms with Crippen LogP contribution >= 0.6 is 0 Å². The Morgan fingerprint density at radius 3 is 2.44 bits per heavy atom. The van der Waals surface area contributed by atoms with Crippen molar-refractivity contribution in [3.8, 4) is 11.5 Å². The van der Waals surface area contributed by atoms with E-state index in [9.17, 15) is 4.79 Å². The molecule has 0 saturated carbocycles. The van der Waals surface area contributed by atoms with Gasteiger partial charge >= 0.3 is 0 Å². The molecule has 0 saturated heterocycles. The maximum Gasteiger partial charge on any atom is 0.258 e. The van der Waals surface area contributed by atoms with Crippen molar-refractivity contribution in [1.82, 2.24) is 10.3 Å². The molecule has 1 amide bonds. The van der Waals surface area contributed by atoms with Gasteiger partial charge in [-0.1, -0.05) is 12.1 Å². The highest BCUT2D eigenvalue weighted by atomic mass is 16.5. The molecule has 166 valence electrons. The fourth-order valence-corrected chi connectivity index (χ4v) is 3.00. The average molecular weight is 433 g/mol. The Hall–Kier alpha value is -3.87. The van der Waals surface area contributed by atoms with Crippen LogP contribution < -0.4 is 20.1 Å². The SMILES string of the molecule is CCOc1ccc(C(=O)NC(=NCc2ccncc2)Nc2cccc(C)c2)cc1OCC. The molecule has 32 heavy (non-hydrogen) atoms. The first kappa shape index (κ1) is 22.8. The topological polar surface area (TPSA) is 84.8 Å². The van der Waals surface area contributed by atoms with E-state index < -0.39 is 0 Å². The third kappa shape index (κ3) is 6.57. The van der Waals surface area contributed by atoms with E-state index in [1.807, 2.05) is 57.2 Å². The molecule has 0 bridgehead atoms. The number of anilines is 1. The van der Waals surface area contributed by atoms with Gasteiger partial charge in [0.05, 0.1) is 19.8 Å². The zero-order valence-corrected chi connectivity index (χ0v) is 18.6. The zero-order valence-electron chi connectivity index (χ0n) is 18.6. The first-order valence-electron chi connectivity index (χ1n) is 10.6. The normalized spacial score (nSPS) is 11.0. The summed E-state index contributed by atoms with van der Waals surface area (Å²) in [6.45, 7) is 7.17. The molecule has 7 nitrogen and oxygen atoms in total. The Bertz CT molecular complexity index is 1070. The summed E-state index contributed by atoms with van der Waals surface area (Å²) in [6, 6.07) is 16.8. The summed E-state index contributed by atoms with van der Waals surface area (Å²) in [4.78, 5) is 21.6. The van der Waals surface area contributed by atoms with E-state index in [0.29, 0.717) is 42.8 Å². The summed E-state index contributed by atoms with van der Waals surface area (Å²) in [5.74, 6) is 1.19. The van der Waals surface area contributed by atoms with Crippen molar-refractivity contribution in [3.05, 3.63) is 83.7 Å². The van der Waals surface area contributed by atoms with Crippen molar-refractivity contribution in [2.24, 2.45) is 4.99 Å². The first-order chi connectivity index (χ1) is 15.6. The van der Waals surface area contributed by atoms with Crippen LogP contribution in [0.25, 0.3) is 0 Å². The second-order valence-electron chi connectivity index (χ2n) is 7.00. The van der Waals surface area contributed by atoms with Crippen molar-refractivity contribution >= 4 is 17.6 Å². The van der Waals surface area contributed by atoms with Crippen molar-refractivity contribution in [1.29, 1.82) is 0 Å². The lowest BCUT2D eigenvalue weighted by Gasteiger charge is -2.14. The lowest BCUT2D eigenvalue weighted by Crippen LogP contribution is -2.36. The minimum Gasteiger partial charge on any atom is -0.490 e. The second kappa shape index (κ2) is 11.5. The Morgan fingerprint density at radius 2 is 1.72 bits per heavy atom. The lowest BCUT2D eigenvalue weighted by atomic mass is 10.2. The van der Waals surface area contributed by atoms with Gasteiger partial charge in [0.2, 0.25) is 5.96 Å². The monoisotopic (exact) mass is 432 g/mol. The fraction of sp³-hybridized carbons (Fsp3) is 0.240. The molecule has 3 aromatic rings. The predicted octanol–water partition coefficient (Wildman–Crippen LogP) is 4.59. The van der Waals surface area contributed by atoms with Crippen molar-refractivity contribution < 1.29 is 14.3 Å². The van der Waals surface area contributed by atoms with Gasteiger partial charge in [0.1, 0.15) is 0 Å². The highest BCUT2D eigenvalue weighted by Crippen LogP contribution is 2.28. The van der Waals surface area contributed by atoms with Crippen LogP contribution in [0.2, 0.25) is 0 Å². The molecule has 0 atom stereocenters. The van der Waals surface area contributed by atoms with Gasteiger partial charge in [-0.25, -0.2) is 4.99 Å². The molecule has 0 radical (unpaired) electrons. The van der Waals surface area contributed by atoms with Gasteiger partial charge in [0, 0.05) is 23.6 Å². The maximum atomic E-state index is 13.0. The van der Waals surface area contributed by atoms with Gasteiger partial charge in [-0.3, -0.25) is 15.1 Å². The number of ether oxygens (including phenoxy) is 2. The summed E-state index contributed by atoms with van der Waals surface area (Å²) in [5.41, 5.74) is 3.36. The number of aromatic nitrogens is 1. The number of aliphatic imine (C=N–C) groups is 1. The minimum absolute atomic E-state index is 0.303. The summed E-state index contributed by atoms with van der Waals surface area (Å²) < 4.78 is 11.2. The quantitative estimate of drug-likeness (QED) is 0.402. The molecular formula is C25H28N4O3. The summed E-state index contributed by atoms with van der Waals surface area (Å²) >= 11 is 0. The van der Waals surface area contributed by atoms with E-state index in [0.717, 1.165) is 16.8 Å². The number of pyridine rings is 1. The lowest BCUT2D eigenvalue weighted by molar-refractivity contribution is 0.0976. The molecular weight excluding hydrogens is 404 g/mol. The van der Waals surface area contributed by atoms with E-state index in [1.165, 1.54) is 0 Å². The molecule has 0 unspecified atom stereocenters. The molecule has 0 aliphatic rings. The third-order valence-electron chi connectivity index (χ3n) is 4.49. The summed E-state index contributed by atoms with van der Waals surface area (Å²) in [5, 5.41) is 6.09. The number of hydrogen-bond acceptors (Lipinski definition) is 5. The van der Waals surface area contributed by atoms with E-state index in [-0.39, 0.29) is 5.91 Å². The molecule has 0 aliphatic heterocycles. The van der Waals surface area contributed by atoms with Crippen LogP contribution in [0.3, 0.4) is 0 Å². The number of guanidine groups is 1. The minimum atomic E-state index is -0.303. The van der Waals surface area contributed by atoms with Crippen molar-refractivity contribution in [2.75, 3.05) is 18.5 Å². The summed E-state index contributed by atoms with van der Waals surface area (Å²) in [7, 11) is 0. The van der Waals surface area contributed by atoms with Gasteiger partial charge in [0.15, 0.2) is 11.5 Å². The highest BCUT2D eigenvalue weighted by molar-refractivity contribution is 6.10. The molecule has 2 N–H and O–H groups in total. The Morgan fingerprint density at radius 1 is 0.969 bits per heavy atom. The van der Waals surface area contributed by atoms with Crippen LogP contribution in [0, 0.1) is 6.92 Å². The smallest absolute Gasteiger partial charge is 0.258 e. The number of carbonyl (C=O) groups excluding carboxylic acids is 1. The number of nitrogens with one attached hydrogen (secondary N) is 2. The second-order valence-corrected chi connectivity index (χ2v) is 7.00. The molecule has 1 aromatic heterocycles.